The van der Waals surface area contributed by atoms with Crippen molar-refractivity contribution >= 4 is 17.3 Å². The lowest BCUT2D eigenvalue weighted by Gasteiger charge is -2.43. The van der Waals surface area contributed by atoms with Gasteiger partial charge in [-0.3, -0.25) is 0 Å². The van der Waals surface area contributed by atoms with Crippen molar-refractivity contribution < 1.29 is 14.6 Å². The molecule has 1 aliphatic heterocycles. The Balaban J connectivity index is 1.50. The molecule has 0 bridgehead atoms. The van der Waals surface area contributed by atoms with E-state index in [2.05, 4.69) is 90.8 Å². The van der Waals surface area contributed by atoms with Crippen molar-refractivity contribution in [1.29, 1.82) is 0 Å². The van der Waals surface area contributed by atoms with Gasteiger partial charge in [-0.2, -0.15) is 0 Å². The highest BCUT2D eigenvalue weighted by Gasteiger charge is 2.50. The molecule has 1 aliphatic carbocycles. The number of rotatable bonds is 3. The second-order valence-corrected chi connectivity index (χ2v) is 9.50. The maximum Gasteiger partial charge on any atom is 0.339 e. The first-order valence-corrected chi connectivity index (χ1v) is 12.3. The highest BCUT2D eigenvalue weighted by molar-refractivity contribution is 5.93. The van der Waals surface area contributed by atoms with Crippen LogP contribution in [0.3, 0.4) is 0 Å². The van der Waals surface area contributed by atoms with E-state index in [1.807, 2.05) is 12.1 Å². The molecule has 2 aliphatic rings. The first-order chi connectivity index (χ1) is 18.1. The van der Waals surface area contributed by atoms with Crippen LogP contribution in [0, 0.1) is 0 Å². The lowest BCUT2D eigenvalue weighted by atomic mass is 9.65. The highest BCUT2D eigenvalue weighted by Crippen LogP contribution is 2.62. The van der Waals surface area contributed by atoms with Gasteiger partial charge in [0, 0.05) is 18.4 Å². The van der Waals surface area contributed by atoms with E-state index in [9.17, 15) is 9.90 Å². The van der Waals surface area contributed by atoms with Gasteiger partial charge in [0.15, 0.2) is 0 Å². The number of fused-ring (bicyclic) bond motifs is 9. The number of ether oxygens (including phenoxy) is 1. The zero-order valence-corrected chi connectivity index (χ0v) is 20.2. The molecule has 0 atom stereocenters. The molecular formula is C33H23NO3. The van der Waals surface area contributed by atoms with Gasteiger partial charge in [0.1, 0.15) is 17.1 Å². The van der Waals surface area contributed by atoms with Crippen LogP contribution in [-0.2, 0) is 5.41 Å². The van der Waals surface area contributed by atoms with E-state index in [0.717, 1.165) is 11.1 Å². The molecule has 5 aromatic carbocycles. The first-order valence-electron chi connectivity index (χ1n) is 12.3. The van der Waals surface area contributed by atoms with Crippen molar-refractivity contribution in [3.63, 3.8) is 0 Å². The molecule has 178 valence electrons. The molecule has 1 heterocycles. The molecule has 4 heteroatoms. The van der Waals surface area contributed by atoms with Crippen LogP contribution < -0.4 is 9.64 Å². The van der Waals surface area contributed by atoms with Gasteiger partial charge in [0.25, 0.3) is 0 Å². The number of aromatic carboxylic acids is 1. The predicted molar refractivity (Wildman–Crippen MR) is 145 cm³/mol. The molecule has 0 radical (unpaired) electrons. The molecule has 1 spiro atoms. The number of anilines is 2. The standard InChI is InChI=1S/C33H23NO3/c1-34-29-15-7-5-13-27(29)33(28-14-6-8-16-30(28)34)25-12-4-2-10-22(25)24-20-21(18-19-26(24)33)37-31-17-9-3-11-23(31)32(35)36/h2-20H,1H3,(H,35,36). The maximum absolute atomic E-state index is 11.7. The summed E-state index contributed by atoms with van der Waals surface area (Å²) in [6, 6.07) is 38.7. The number of carboxylic acid groups (broad SMARTS) is 1. The normalized spacial score (nSPS) is 13.9. The summed E-state index contributed by atoms with van der Waals surface area (Å²) in [5.74, 6) is -0.0830. The highest BCUT2D eigenvalue weighted by atomic mass is 16.5. The van der Waals surface area contributed by atoms with Gasteiger partial charge in [0.2, 0.25) is 0 Å². The maximum atomic E-state index is 11.7. The number of carbonyl (C=O) groups is 1. The summed E-state index contributed by atoms with van der Waals surface area (Å²) in [5, 5.41) is 9.62. The third kappa shape index (κ3) is 2.87. The Morgan fingerprint density at radius 2 is 1.24 bits per heavy atom. The summed E-state index contributed by atoms with van der Waals surface area (Å²) in [6.07, 6.45) is 0. The molecule has 7 rings (SSSR count). The van der Waals surface area contributed by atoms with Gasteiger partial charge in [-0.1, -0.05) is 78.9 Å². The van der Waals surface area contributed by atoms with E-state index in [4.69, 9.17) is 4.74 Å². The molecule has 5 aromatic rings. The van der Waals surface area contributed by atoms with E-state index >= 15 is 0 Å². The third-order valence-corrected chi connectivity index (χ3v) is 7.70. The quantitative estimate of drug-likeness (QED) is 0.282. The van der Waals surface area contributed by atoms with Crippen LogP contribution in [0.4, 0.5) is 11.4 Å². The molecule has 0 fully saturated rings. The van der Waals surface area contributed by atoms with Crippen molar-refractivity contribution in [2.45, 2.75) is 5.41 Å². The fourth-order valence-electron chi connectivity index (χ4n) is 6.21. The van der Waals surface area contributed by atoms with Gasteiger partial charge in [-0.05, 0) is 69.8 Å². The topological polar surface area (TPSA) is 49.8 Å². The summed E-state index contributed by atoms with van der Waals surface area (Å²) in [6.45, 7) is 0. The van der Waals surface area contributed by atoms with Crippen molar-refractivity contribution in [3.05, 3.63) is 143 Å². The fraction of sp³-hybridized carbons (Fsp3) is 0.0606. The first kappa shape index (κ1) is 21.5. The van der Waals surface area contributed by atoms with Crippen LogP contribution in [0.5, 0.6) is 11.5 Å². The molecular weight excluding hydrogens is 458 g/mol. The van der Waals surface area contributed by atoms with Crippen molar-refractivity contribution in [3.8, 4) is 22.6 Å². The number of hydrogen-bond acceptors (Lipinski definition) is 3. The van der Waals surface area contributed by atoms with Crippen LogP contribution in [0.15, 0.2) is 115 Å². The minimum atomic E-state index is -1.01. The number of carboxylic acids is 1. The van der Waals surface area contributed by atoms with Crippen LogP contribution >= 0.6 is 0 Å². The SMILES string of the molecule is CN1c2ccccc2C2(c3ccccc3-c3cc(Oc4ccccc4C(=O)O)ccc32)c2ccccc21. The molecule has 4 nitrogen and oxygen atoms in total. The lowest BCUT2D eigenvalue weighted by Crippen LogP contribution is -2.36. The van der Waals surface area contributed by atoms with Gasteiger partial charge >= 0.3 is 5.97 Å². The average molecular weight is 482 g/mol. The molecule has 1 N–H and O–H groups in total. The van der Waals surface area contributed by atoms with Crippen LogP contribution in [0.25, 0.3) is 11.1 Å². The number of para-hydroxylation sites is 3. The summed E-state index contributed by atoms with van der Waals surface area (Å²) < 4.78 is 6.15. The monoisotopic (exact) mass is 481 g/mol. The smallest absolute Gasteiger partial charge is 0.339 e. The molecule has 0 saturated heterocycles. The number of hydrogen-bond donors (Lipinski definition) is 1. The number of benzene rings is 5. The van der Waals surface area contributed by atoms with Crippen LogP contribution in [0.1, 0.15) is 32.6 Å². The van der Waals surface area contributed by atoms with E-state index in [0.29, 0.717) is 11.5 Å². The second kappa shape index (κ2) is 7.84. The Labute approximate surface area is 215 Å². The van der Waals surface area contributed by atoms with E-state index in [1.54, 1.807) is 24.3 Å². The van der Waals surface area contributed by atoms with Crippen LogP contribution in [0.2, 0.25) is 0 Å². The van der Waals surface area contributed by atoms with E-state index in [-0.39, 0.29) is 5.56 Å². The van der Waals surface area contributed by atoms with Gasteiger partial charge in [-0.15, -0.1) is 0 Å². The summed E-state index contributed by atoms with van der Waals surface area (Å²) in [5.41, 5.74) is 9.19. The molecule has 37 heavy (non-hydrogen) atoms. The second-order valence-electron chi connectivity index (χ2n) is 9.50. The van der Waals surface area contributed by atoms with Gasteiger partial charge in [-0.25, -0.2) is 4.79 Å². The zero-order chi connectivity index (χ0) is 25.1. The van der Waals surface area contributed by atoms with E-state index in [1.165, 1.54) is 33.6 Å². The van der Waals surface area contributed by atoms with Crippen molar-refractivity contribution in [2.24, 2.45) is 0 Å². The molecule has 0 amide bonds. The van der Waals surface area contributed by atoms with Crippen LogP contribution in [-0.4, -0.2) is 18.1 Å². The van der Waals surface area contributed by atoms with Crippen molar-refractivity contribution in [2.75, 3.05) is 11.9 Å². The largest absolute Gasteiger partial charge is 0.478 e. The molecule has 0 unspecified atom stereocenters. The third-order valence-electron chi connectivity index (χ3n) is 7.70. The Bertz CT molecular complexity index is 1670. The average Bonchev–Trinajstić information content (AvgIpc) is 3.22. The molecule has 0 saturated carbocycles. The van der Waals surface area contributed by atoms with Gasteiger partial charge < -0.3 is 14.7 Å². The Morgan fingerprint density at radius 1 is 0.676 bits per heavy atom. The summed E-state index contributed by atoms with van der Waals surface area (Å²) in [4.78, 5) is 14.0. The predicted octanol–water partition coefficient (Wildman–Crippen LogP) is 7.62. The summed E-state index contributed by atoms with van der Waals surface area (Å²) >= 11 is 0. The Morgan fingerprint density at radius 3 is 1.95 bits per heavy atom. The summed E-state index contributed by atoms with van der Waals surface area (Å²) in [7, 11) is 2.13. The van der Waals surface area contributed by atoms with Crippen molar-refractivity contribution in [1.82, 2.24) is 0 Å². The van der Waals surface area contributed by atoms with Gasteiger partial charge in [0.05, 0.1) is 5.41 Å². The van der Waals surface area contributed by atoms with E-state index < -0.39 is 11.4 Å². The lowest BCUT2D eigenvalue weighted by molar-refractivity contribution is 0.0694. The number of nitrogens with zero attached hydrogens (tertiary/aromatic N) is 1. The molecule has 0 aromatic heterocycles. The zero-order valence-electron chi connectivity index (χ0n) is 20.2. The Hall–Kier alpha value is -4.83. The minimum absolute atomic E-state index is 0.137. The Kier molecular flexibility index (Phi) is 4.54. The fourth-order valence-corrected chi connectivity index (χ4v) is 6.21. The minimum Gasteiger partial charge on any atom is -0.478 e.